The second kappa shape index (κ2) is 2.09. The highest BCUT2D eigenvalue weighted by molar-refractivity contribution is 4.87. The third kappa shape index (κ3) is 0.754. The minimum atomic E-state index is 0.764. The SMILES string of the molecule is c1cnn(N2CCN=N2)c1. The van der Waals surface area contributed by atoms with Crippen molar-refractivity contribution in [2.75, 3.05) is 18.2 Å². The normalized spacial score (nSPS) is 16.6. The van der Waals surface area contributed by atoms with Crippen LogP contribution in [-0.2, 0) is 0 Å². The first-order chi connectivity index (χ1) is 4.97. The standard InChI is InChI=1S/C5H7N5/c1-2-7-9(4-1)10-5-3-6-8-10/h1-2,4H,3,5H2. The maximum absolute atomic E-state index is 3.99. The Morgan fingerprint density at radius 2 is 2.40 bits per heavy atom. The molecule has 0 saturated heterocycles. The highest BCUT2D eigenvalue weighted by Crippen LogP contribution is 1.97. The molecule has 52 valence electrons. The average molecular weight is 137 g/mol. The summed E-state index contributed by atoms with van der Waals surface area (Å²) in [7, 11) is 0. The molecule has 0 N–H and O–H groups in total. The Balaban J connectivity index is 2.20. The fourth-order valence-corrected chi connectivity index (χ4v) is 0.837. The lowest BCUT2D eigenvalue weighted by molar-refractivity contribution is 0.576. The quantitative estimate of drug-likeness (QED) is 0.555. The van der Waals surface area contributed by atoms with Crippen LogP contribution in [-0.4, -0.2) is 23.0 Å². The summed E-state index contributed by atoms with van der Waals surface area (Å²) in [5.74, 6) is 0. The van der Waals surface area contributed by atoms with Crippen molar-refractivity contribution in [3.63, 3.8) is 0 Å². The van der Waals surface area contributed by atoms with E-state index in [4.69, 9.17) is 0 Å². The van der Waals surface area contributed by atoms with Gasteiger partial charge in [-0.25, -0.2) is 0 Å². The first-order valence-corrected chi connectivity index (χ1v) is 3.12. The van der Waals surface area contributed by atoms with Gasteiger partial charge in [0.15, 0.2) is 0 Å². The molecule has 1 aliphatic rings. The predicted octanol–water partition coefficient (Wildman–Crippen LogP) is 0.202. The number of hydrogen-bond donors (Lipinski definition) is 0. The third-order valence-electron chi connectivity index (χ3n) is 1.29. The van der Waals surface area contributed by atoms with Crippen LogP contribution >= 0.6 is 0 Å². The first kappa shape index (κ1) is 5.40. The van der Waals surface area contributed by atoms with Gasteiger partial charge in [0, 0.05) is 0 Å². The van der Waals surface area contributed by atoms with E-state index < -0.39 is 0 Å². The lowest BCUT2D eigenvalue weighted by Gasteiger charge is -2.09. The van der Waals surface area contributed by atoms with Crippen LogP contribution in [0.4, 0.5) is 0 Å². The topological polar surface area (TPSA) is 45.8 Å². The largest absolute Gasteiger partial charge is 0.167 e. The fourth-order valence-electron chi connectivity index (χ4n) is 0.837. The summed E-state index contributed by atoms with van der Waals surface area (Å²) in [6, 6.07) is 1.86. The van der Waals surface area contributed by atoms with E-state index in [1.165, 1.54) is 0 Å². The van der Waals surface area contributed by atoms with Gasteiger partial charge in [0.05, 0.1) is 25.5 Å². The minimum absolute atomic E-state index is 0.764. The van der Waals surface area contributed by atoms with Crippen molar-refractivity contribution in [1.29, 1.82) is 0 Å². The molecule has 5 nitrogen and oxygen atoms in total. The molecule has 0 bridgehead atoms. The zero-order chi connectivity index (χ0) is 6.81. The average Bonchev–Trinajstić information content (AvgIpc) is 2.59. The van der Waals surface area contributed by atoms with Crippen molar-refractivity contribution in [3.8, 4) is 0 Å². The van der Waals surface area contributed by atoms with Crippen molar-refractivity contribution < 1.29 is 0 Å². The van der Waals surface area contributed by atoms with Gasteiger partial charge in [0.25, 0.3) is 0 Å². The summed E-state index contributed by atoms with van der Waals surface area (Å²) in [4.78, 5) is 1.66. The Kier molecular flexibility index (Phi) is 1.13. The molecule has 1 aliphatic heterocycles. The Morgan fingerprint density at radius 1 is 1.40 bits per heavy atom. The van der Waals surface area contributed by atoms with Gasteiger partial charge in [-0.05, 0) is 6.07 Å². The Bertz CT molecular complexity index is 226. The second-order valence-corrected chi connectivity index (χ2v) is 1.98. The van der Waals surface area contributed by atoms with Gasteiger partial charge in [0.2, 0.25) is 0 Å². The smallest absolute Gasteiger partial charge is 0.0838 e. The fraction of sp³-hybridized carbons (Fsp3) is 0.400. The predicted molar refractivity (Wildman–Crippen MR) is 35.0 cm³/mol. The van der Waals surface area contributed by atoms with E-state index in [0.29, 0.717) is 0 Å². The molecule has 0 atom stereocenters. The third-order valence-corrected chi connectivity index (χ3v) is 1.29. The van der Waals surface area contributed by atoms with E-state index in [2.05, 4.69) is 15.4 Å². The summed E-state index contributed by atoms with van der Waals surface area (Å²) in [5.41, 5.74) is 0. The molecule has 0 fully saturated rings. The first-order valence-electron chi connectivity index (χ1n) is 3.12. The molecule has 10 heavy (non-hydrogen) atoms. The molecule has 2 heterocycles. The molecule has 0 saturated carbocycles. The Labute approximate surface area is 57.9 Å². The Hall–Kier alpha value is -1.39. The van der Waals surface area contributed by atoms with Crippen LogP contribution in [0, 0.1) is 0 Å². The highest BCUT2D eigenvalue weighted by Gasteiger charge is 2.07. The van der Waals surface area contributed by atoms with Gasteiger partial charge in [0.1, 0.15) is 0 Å². The van der Waals surface area contributed by atoms with Gasteiger partial charge in [-0.15, -0.1) is 0 Å². The molecule has 1 aromatic heterocycles. The van der Waals surface area contributed by atoms with Gasteiger partial charge in [-0.3, -0.25) is 0 Å². The van der Waals surface area contributed by atoms with Gasteiger partial charge in [-0.2, -0.15) is 20.1 Å². The van der Waals surface area contributed by atoms with Crippen LogP contribution in [0.15, 0.2) is 28.8 Å². The number of aromatic nitrogens is 2. The van der Waals surface area contributed by atoms with Crippen LogP contribution in [0.1, 0.15) is 0 Å². The van der Waals surface area contributed by atoms with E-state index in [-0.39, 0.29) is 0 Å². The molecule has 0 radical (unpaired) electrons. The van der Waals surface area contributed by atoms with Gasteiger partial charge < -0.3 is 0 Å². The van der Waals surface area contributed by atoms with Gasteiger partial charge in [-0.1, -0.05) is 5.22 Å². The minimum Gasteiger partial charge on any atom is -0.167 e. The molecule has 0 unspecified atom stereocenters. The van der Waals surface area contributed by atoms with Crippen LogP contribution in [0.3, 0.4) is 0 Å². The van der Waals surface area contributed by atoms with Crippen LogP contribution in [0.2, 0.25) is 0 Å². The molecule has 5 heteroatoms. The van der Waals surface area contributed by atoms with Crippen molar-refractivity contribution in [2.24, 2.45) is 10.3 Å². The Morgan fingerprint density at radius 3 is 3.00 bits per heavy atom. The summed E-state index contributed by atoms with van der Waals surface area (Å²) in [6.07, 6.45) is 3.55. The molecule has 0 aromatic carbocycles. The molecule has 2 rings (SSSR count). The van der Waals surface area contributed by atoms with Crippen LogP contribution in [0.25, 0.3) is 0 Å². The second-order valence-electron chi connectivity index (χ2n) is 1.98. The number of nitrogens with zero attached hydrogens (tertiary/aromatic N) is 5. The van der Waals surface area contributed by atoms with Crippen molar-refractivity contribution in [2.45, 2.75) is 0 Å². The molecule has 0 spiro atoms. The maximum atomic E-state index is 3.99. The zero-order valence-electron chi connectivity index (χ0n) is 5.38. The van der Waals surface area contributed by atoms with E-state index in [1.54, 1.807) is 16.1 Å². The lowest BCUT2D eigenvalue weighted by Crippen LogP contribution is -2.27. The summed E-state index contributed by atoms with van der Waals surface area (Å²) in [5, 5.41) is 13.3. The van der Waals surface area contributed by atoms with Crippen molar-refractivity contribution >= 4 is 0 Å². The molecule has 0 aliphatic carbocycles. The molecule has 1 aromatic rings. The van der Waals surface area contributed by atoms with Crippen molar-refractivity contribution in [3.05, 3.63) is 18.5 Å². The molecular formula is C5H7N5. The monoisotopic (exact) mass is 137 g/mol. The van der Waals surface area contributed by atoms with E-state index in [9.17, 15) is 0 Å². The molecular weight excluding hydrogens is 130 g/mol. The van der Waals surface area contributed by atoms with Crippen molar-refractivity contribution in [1.82, 2.24) is 9.89 Å². The highest BCUT2D eigenvalue weighted by atomic mass is 15.8. The number of hydrogen-bond acceptors (Lipinski definition) is 4. The van der Waals surface area contributed by atoms with Gasteiger partial charge >= 0.3 is 0 Å². The zero-order valence-corrected chi connectivity index (χ0v) is 5.38. The summed E-state index contributed by atoms with van der Waals surface area (Å²) < 4.78 is 0. The van der Waals surface area contributed by atoms with E-state index in [1.807, 2.05) is 12.3 Å². The lowest BCUT2D eigenvalue weighted by atomic mass is 10.7. The maximum Gasteiger partial charge on any atom is 0.0838 e. The summed E-state index contributed by atoms with van der Waals surface area (Å²) in [6.45, 7) is 1.58. The van der Waals surface area contributed by atoms with E-state index >= 15 is 0 Å². The van der Waals surface area contributed by atoms with E-state index in [0.717, 1.165) is 13.1 Å². The van der Waals surface area contributed by atoms with Crippen LogP contribution < -0.4 is 5.12 Å². The number of rotatable bonds is 1. The van der Waals surface area contributed by atoms with Crippen LogP contribution in [0.5, 0.6) is 0 Å². The molecule has 0 amide bonds. The summed E-state index contributed by atoms with van der Waals surface area (Å²) >= 11 is 0.